The SMILES string of the molecule is CCCc1cccc(-c2ccc(C(C)NCC)c(Cl)c2)c1. The maximum absolute atomic E-state index is 6.47. The maximum atomic E-state index is 6.47. The van der Waals surface area contributed by atoms with E-state index in [1.54, 1.807) is 0 Å². The van der Waals surface area contributed by atoms with Crippen molar-refractivity contribution in [2.45, 2.75) is 39.7 Å². The highest BCUT2D eigenvalue weighted by Crippen LogP contribution is 2.29. The molecule has 1 N–H and O–H groups in total. The van der Waals surface area contributed by atoms with Crippen molar-refractivity contribution in [3.8, 4) is 11.1 Å². The predicted octanol–water partition coefficient (Wildman–Crippen LogP) is 5.63. The number of aryl methyl sites for hydroxylation is 1. The van der Waals surface area contributed by atoms with Crippen LogP contribution in [0.3, 0.4) is 0 Å². The van der Waals surface area contributed by atoms with Crippen molar-refractivity contribution in [2.75, 3.05) is 6.54 Å². The summed E-state index contributed by atoms with van der Waals surface area (Å²) in [4.78, 5) is 0. The number of halogens is 1. The summed E-state index contributed by atoms with van der Waals surface area (Å²) in [5, 5.41) is 4.24. The van der Waals surface area contributed by atoms with Crippen LogP contribution in [0.25, 0.3) is 11.1 Å². The van der Waals surface area contributed by atoms with Crippen molar-refractivity contribution in [2.24, 2.45) is 0 Å². The third-order valence-corrected chi connectivity index (χ3v) is 4.10. The quantitative estimate of drug-likeness (QED) is 0.729. The van der Waals surface area contributed by atoms with Gasteiger partial charge in [-0.1, -0.05) is 68.3 Å². The van der Waals surface area contributed by atoms with Gasteiger partial charge in [0.25, 0.3) is 0 Å². The zero-order valence-corrected chi connectivity index (χ0v) is 13.9. The second-order valence-corrected chi connectivity index (χ2v) is 5.87. The van der Waals surface area contributed by atoms with Crippen LogP contribution in [0.5, 0.6) is 0 Å². The highest BCUT2D eigenvalue weighted by molar-refractivity contribution is 6.31. The molecule has 0 fully saturated rings. The first-order valence-corrected chi connectivity index (χ1v) is 8.15. The van der Waals surface area contributed by atoms with Crippen LogP contribution in [0.2, 0.25) is 5.02 Å². The van der Waals surface area contributed by atoms with Crippen molar-refractivity contribution in [3.05, 3.63) is 58.6 Å². The van der Waals surface area contributed by atoms with Gasteiger partial charge in [-0.25, -0.2) is 0 Å². The zero-order valence-electron chi connectivity index (χ0n) is 13.1. The molecule has 0 saturated heterocycles. The van der Waals surface area contributed by atoms with Crippen LogP contribution in [0.4, 0.5) is 0 Å². The monoisotopic (exact) mass is 301 g/mol. The van der Waals surface area contributed by atoms with Gasteiger partial charge in [0.05, 0.1) is 0 Å². The third-order valence-electron chi connectivity index (χ3n) is 3.78. The van der Waals surface area contributed by atoms with E-state index < -0.39 is 0 Å². The Labute approximate surface area is 133 Å². The molecule has 0 heterocycles. The van der Waals surface area contributed by atoms with E-state index in [0.717, 1.165) is 23.6 Å². The van der Waals surface area contributed by atoms with Gasteiger partial charge in [0.1, 0.15) is 0 Å². The van der Waals surface area contributed by atoms with E-state index in [-0.39, 0.29) is 6.04 Å². The molecule has 0 aromatic heterocycles. The summed E-state index contributed by atoms with van der Waals surface area (Å²) in [6.45, 7) is 7.41. The van der Waals surface area contributed by atoms with Crippen molar-refractivity contribution in [3.63, 3.8) is 0 Å². The molecule has 0 amide bonds. The van der Waals surface area contributed by atoms with Crippen molar-refractivity contribution in [1.29, 1.82) is 0 Å². The van der Waals surface area contributed by atoms with Gasteiger partial charge in [-0.05, 0) is 48.2 Å². The van der Waals surface area contributed by atoms with Crippen LogP contribution in [0.15, 0.2) is 42.5 Å². The fourth-order valence-electron chi connectivity index (χ4n) is 2.67. The van der Waals surface area contributed by atoms with Crippen molar-refractivity contribution >= 4 is 11.6 Å². The van der Waals surface area contributed by atoms with Gasteiger partial charge < -0.3 is 5.32 Å². The van der Waals surface area contributed by atoms with Gasteiger partial charge in [0.15, 0.2) is 0 Å². The Kier molecular flexibility index (Phi) is 5.84. The lowest BCUT2D eigenvalue weighted by Crippen LogP contribution is -2.17. The second kappa shape index (κ2) is 7.63. The summed E-state index contributed by atoms with van der Waals surface area (Å²) in [7, 11) is 0. The Hall–Kier alpha value is -1.31. The van der Waals surface area contributed by atoms with Gasteiger partial charge in [-0.3, -0.25) is 0 Å². The Bertz CT molecular complexity index is 592. The molecule has 0 bridgehead atoms. The first-order valence-electron chi connectivity index (χ1n) is 7.77. The minimum atomic E-state index is 0.281. The molecule has 2 aromatic carbocycles. The minimum Gasteiger partial charge on any atom is -0.310 e. The molecule has 0 radical (unpaired) electrons. The van der Waals surface area contributed by atoms with Crippen LogP contribution in [-0.2, 0) is 6.42 Å². The average molecular weight is 302 g/mol. The number of hydrogen-bond acceptors (Lipinski definition) is 1. The van der Waals surface area contributed by atoms with Crippen LogP contribution >= 0.6 is 11.6 Å². The van der Waals surface area contributed by atoms with Gasteiger partial charge >= 0.3 is 0 Å². The van der Waals surface area contributed by atoms with Gasteiger partial charge in [0, 0.05) is 11.1 Å². The van der Waals surface area contributed by atoms with Crippen molar-refractivity contribution < 1.29 is 0 Å². The van der Waals surface area contributed by atoms with E-state index in [2.05, 4.69) is 68.6 Å². The van der Waals surface area contributed by atoms with Crippen LogP contribution in [0, 0.1) is 0 Å². The highest BCUT2D eigenvalue weighted by atomic mass is 35.5. The molecule has 2 aromatic rings. The summed E-state index contributed by atoms with van der Waals surface area (Å²) in [6.07, 6.45) is 2.29. The van der Waals surface area contributed by atoms with Crippen LogP contribution < -0.4 is 5.32 Å². The first-order chi connectivity index (χ1) is 10.2. The molecule has 2 rings (SSSR count). The third kappa shape index (κ3) is 4.09. The molecule has 1 atom stereocenters. The molecular formula is C19H24ClN. The lowest BCUT2D eigenvalue weighted by atomic mass is 9.98. The summed E-state index contributed by atoms with van der Waals surface area (Å²) < 4.78 is 0. The summed E-state index contributed by atoms with van der Waals surface area (Å²) in [5.74, 6) is 0. The molecule has 2 heteroatoms. The Morgan fingerprint density at radius 1 is 1.05 bits per heavy atom. The van der Waals surface area contributed by atoms with Crippen LogP contribution in [-0.4, -0.2) is 6.54 Å². The number of benzene rings is 2. The maximum Gasteiger partial charge on any atom is 0.0459 e. The summed E-state index contributed by atoms with van der Waals surface area (Å²) in [6, 6.07) is 15.4. The van der Waals surface area contributed by atoms with E-state index in [0.29, 0.717) is 0 Å². The molecule has 112 valence electrons. The van der Waals surface area contributed by atoms with Gasteiger partial charge in [-0.2, -0.15) is 0 Å². The largest absolute Gasteiger partial charge is 0.310 e. The number of hydrogen-bond donors (Lipinski definition) is 1. The van der Waals surface area contributed by atoms with Gasteiger partial charge in [0.2, 0.25) is 0 Å². The molecule has 0 aliphatic heterocycles. The molecular weight excluding hydrogens is 278 g/mol. The van der Waals surface area contributed by atoms with Gasteiger partial charge in [-0.15, -0.1) is 0 Å². The molecule has 0 aliphatic carbocycles. The Morgan fingerprint density at radius 3 is 2.48 bits per heavy atom. The summed E-state index contributed by atoms with van der Waals surface area (Å²) in [5.41, 5.74) is 4.97. The fraction of sp³-hybridized carbons (Fsp3) is 0.368. The zero-order chi connectivity index (χ0) is 15.2. The number of nitrogens with one attached hydrogen (secondary N) is 1. The minimum absolute atomic E-state index is 0.281. The second-order valence-electron chi connectivity index (χ2n) is 5.47. The van der Waals surface area contributed by atoms with E-state index in [1.165, 1.54) is 23.1 Å². The summed E-state index contributed by atoms with van der Waals surface area (Å²) >= 11 is 6.47. The topological polar surface area (TPSA) is 12.0 Å². The van der Waals surface area contributed by atoms with Crippen molar-refractivity contribution in [1.82, 2.24) is 5.32 Å². The predicted molar refractivity (Wildman–Crippen MR) is 93.0 cm³/mol. The Morgan fingerprint density at radius 2 is 1.81 bits per heavy atom. The normalized spacial score (nSPS) is 12.4. The van der Waals surface area contributed by atoms with E-state index >= 15 is 0 Å². The molecule has 0 spiro atoms. The van der Waals surface area contributed by atoms with E-state index in [4.69, 9.17) is 11.6 Å². The molecule has 21 heavy (non-hydrogen) atoms. The smallest absolute Gasteiger partial charge is 0.0459 e. The lowest BCUT2D eigenvalue weighted by molar-refractivity contribution is 0.598. The molecule has 0 aliphatic rings. The van der Waals surface area contributed by atoms with E-state index in [1.807, 2.05) is 0 Å². The fourth-order valence-corrected chi connectivity index (χ4v) is 3.01. The number of rotatable bonds is 6. The Balaban J connectivity index is 2.29. The highest BCUT2D eigenvalue weighted by Gasteiger charge is 2.10. The average Bonchev–Trinajstić information content (AvgIpc) is 2.48. The first kappa shape index (κ1) is 16.1. The molecule has 1 nitrogen and oxygen atoms in total. The lowest BCUT2D eigenvalue weighted by Gasteiger charge is -2.15. The van der Waals surface area contributed by atoms with E-state index in [9.17, 15) is 0 Å². The molecule has 0 saturated carbocycles. The molecule has 1 unspecified atom stereocenters. The van der Waals surface area contributed by atoms with Crippen LogP contribution in [0.1, 0.15) is 44.4 Å². The standard InChI is InChI=1S/C19H24ClN/c1-4-7-15-8-6-9-16(12-15)17-10-11-18(19(20)13-17)14(3)21-5-2/h6,8-14,21H,4-5,7H2,1-3H3.